The number of methoxy groups -OCH3 is 1. The molecule has 0 amide bonds. The van der Waals surface area contributed by atoms with Gasteiger partial charge >= 0.3 is 0 Å². The highest BCUT2D eigenvalue weighted by Crippen LogP contribution is 2.71. The second-order valence-electron chi connectivity index (χ2n) is 7.09. The van der Waals surface area contributed by atoms with Gasteiger partial charge < -0.3 is 9.84 Å². The van der Waals surface area contributed by atoms with E-state index in [0.29, 0.717) is 22.5 Å². The molecule has 2 heteroatoms. The molecule has 3 atom stereocenters. The molecule has 1 unspecified atom stereocenters. The summed E-state index contributed by atoms with van der Waals surface area (Å²) in [6.45, 7) is 7.29. The van der Waals surface area contributed by atoms with E-state index in [2.05, 4.69) is 26.8 Å². The topological polar surface area (TPSA) is 29.5 Å². The number of phenolic OH excluding ortho intramolecular Hbond substituents is 1. The molecule has 1 N–H and O–H groups in total. The van der Waals surface area contributed by atoms with Gasteiger partial charge in [-0.15, -0.1) is 0 Å². The first-order chi connectivity index (χ1) is 8.90. The maximum absolute atomic E-state index is 10.0. The molecular formula is C17H24O2. The number of benzene rings is 1. The van der Waals surface area contributed by atoms with Crippen LogP contribution in [0.2, 0.25) is 0 Å². The summed E-state index contributed by atoms with van der Waals surface area (Å²) in [7, 11) is 1.59. The lowest BCUT2D eigenvalue weighted by Gasteiger charge is -2.39. The van der Waals surface area contributed by atoms with Crippen molar-refractivity contribution in [3.8, 4) is 11.5 Å². The van der Waals surface area contributed by atoms with Gasteiger partial charge in [-0.25, -0.2) is 0 Å². The first-order valence-corrected chi connectivity index (χ1v) is 7.27. The molecule has 2 nitrogen and oxygen atoms in total. The van der Waals surface area contributed by atoms with Crippen molar-refractivity contribution in [3.05, 3.63) is 23.8 Å². The zero-order valence-electron chi connectivity index (χ0n) is 12.4. The fraction of sp³-hybridized carbons (Fsp3) is 0.647. The molecule has 3 rings (SSSR count). The van der Waals surface area contributed by atoms with Crippen LogP contribution in [0.1, 0.15) is 51.5 Å². The van der Waals surface area contributed by atoms with Crippen molar-refractivity contribution in [3.63, 3.8) is 0 Å². The number of rotatable bonds is 2. The highest BCUT2D eigenvalue weighted by atomic mass is 16.5. The molecule has 2 saturated carbocycles. The van der Waals surface area contributed by atoms with Gasteiger partial charge in [-0.1, -0.05) is 26.8 Å². The van der Waals surface area contributed by atoms with E-state index in [0.717, 1.165) is 5.92 Å². The molecule has 2 aliphatic rings. The molecular weight excluding hydrogens is 236 g/mol. The Hall–Kier alpha value is -1.18. The summed E-state index contributed by atoms with van der Waals surface area (Å²) in [5, 5.41) is 10.0. The average molecular weight is 260 g/mol. The highest BCUT2D eigenvalue weighted by Gasteiger charge is 2.61. The quantitative estimate of drug-likeness (QED) is 0.857. The van der Waals surface area contributed by atoms with Gasteiger partial charge in [0.05, 0.1) is 7.11 Å². The monoisotopic (exact) mass is 260 g/mol. The zero-order valence-corrected chi connectivity index (χ0v) is 12.4. The smallest absolute Gasteiger partial charge is 0.160 e. The highest BCUT2D eigenvalue weighted by molar-refractivity contribution is 5.44. The van der Waals surface area contributed by atoms with Crippen molar-refractivity contribution in [2.75, 3.05) is 7.11 Å². The van der Waals surface area contributed by atoms with E-state index in [1.807, 2.05) is 12.1 Å². The molecule has 0 saturated heterocycles. The second-order valence-corrected chi connectivity index (χ2v) is 7.09. The lowest BCUT2D eigenvalue weighted by molar-refractivity contribution is 0.134. The second kappa shape index (κ2) is 3.91. The Bertz CT molecular complexity index is 506. The summed E-state index contributed by atoms with van der Waals surface area (Å²) in [6, 6.07) is 5.93. The van der Waals surface area contributed by atoms with Crippen molar-refractivity contribution in [1.29, 1.82) is 0 Å². The first kappa shape index (κ1) is 12.8. The third-order valence-electron chi connectivity index (χ3n) is 6.40. The Morgan fingerprint density at radius 3 is 2.47 bits per heavy atom. The van der Waals surface area contributed by atoms with Crippen molar-refractivity contribution in [2.24, 2.45) is 16.7 Å². The van der Waals surface area contributed by atoms with Crippen LogP contribution in [0.3, 0.4) is 0 Å². The van der Waals surface area contributed by atoms with Crippen molar-refractivity contribution < 1.29 is 9.84 Å². The van der Waals surface area contributed by atoms with Crippen LogP contribution in [0.4, 0.5) is 0 Å². The molecule has 0 heterocycles. The maximum Gasteiger partial charge on any atom is 0.160 e. The Kier molecular flexibility index (Phi) is 2.64. The van der Waals surface area contributed by atoms with Crippen molar-refractivity contribution >= 4 is 0 Å². The number of fused-ring (bicyclic) bond motifs is 2. The van der Waals surface area contributed by atoms with Crippen LogP contribution in [0.15, 0.2) is 18.2 Å². The molecule has 0 aromatic heterocycles. The molecule has 0 aliphatic heterocycles. The van der Waals surface area contributed by atoms with Crippen LogP contribution in [0.5, 0.6) is 11.5 Å². The van der Waals surface area contributed by atoms with Gasteiger partial charge in [0.1, 0.15) is 0 Å². The van der Waals surface area contributed by atoms with Gasteiger partial charge in [-0.05, 0) is 59.6 Å². The molecule has 2 bridgehead atoms. The van der Waals surface area contributed by atoms with Gasteiger partial charge in [0, 0.05) is 0 Å². The number of ether oxygens (including phenoxy) is 1. The number of hydrogen-bond acceptors (Lipinski definition) is 2. The van der Waals surface area contributed by atoms with E-state index < -0.39 is 0 Å². The van der Waals surface area contributed by atoms with Crippen LogP contribution >= 0.6 is 0 Å². The summed E-state index contributed by atoms with van der Waals surface area (Å²) < 4.78 is 5.14. The SMILES string of the molecule is COc1ccc(C2C[C@@H]3CC[C@]2(C)C3(C)C)cc1O. The van der Waals surface area contributed by atoms with Crippen LogP contribution in [-0.2, 0) is 0 Å². The fourth-order valence-corrected chi connectivity index (χ4v) is 4.63. The van der Waals surface area contributed by atoms with Crippen LogP contribution in [0.25, 0.3) is 0 Å². The third kappa shape index (κ3) is 1.55. The van der Waals surface area contributed by atoms with Gasteiger partial charge in [0.2, 0.25) is 0 Å². The summed E-state index contributed by atoms with van der Waals surface area (Å²) in [5.74, 6) is 2.23. The predicted molar refractivity (Wildman–Crippen MR) is 76.6 cm³/mol. The van der Waals surface area contributed by atoms with Crippen LogP contribution in [0, 0.1) is 16.7 Å². The predicted octanol–water partition coefficient (Wildman–Crippen LogP) is 4.33. The van der Waals surface area contributed by atoms with E-state index in [-0.39, 0.29) is 5.75 Å². The minimum absolute atomic E-state index is 0.268. The zero-order chi connectivity index (χ0) is 13.8. The Balaban J connectivity index is 1.99. The van der Waals surface area contributed by atoms with Gasteiger partial charge in [-0.3, -0.25) is 0 Å². The van der Waals surface area contributed by atoms with E-state index in [9.17, 15) is 5.11 Å². The molecule has 104 valence electrons. The molecule has 1 aromatic carbocycles. The molecule has 2 fully saturated rings. The van der Waals surface area contributed by atoms with Crippen molar-refractivity contribution in [1.82, 2.24) is 0 Å². The summed E-state index contributed by atoms with van der Waals surface area (Å²) in [5.41, 5.74) is 2.04. The van der Waals surface area contributed by atoms with E-state index in [1.165, 1.54) is 24.8 Å². The molecule has 1 aromatic rings. The van der Waals surface area contributed by atoms with E-state index in [4.69, 9.17) is 4.74 Å². The molecule has 0 radical (unpaired) electrons. The average Bonchev–Trinajstić information content (AvgIpc) is 2.71. The standard InChI is InChI=1S/C17H24O2/c1-16(2)12-7-8-17(16,3)13(10-12)11-5-6-15(19-4)14(18)9-11/h5-6,9,12-13,18H,7-8,10H2,1-4H3/t12-,13?,17-/m0/s1. The van der Waals surface area contributed by atoms with Gasteiger partial charge in [0.25, 0.3) is 0 Å². The fourth-order valence-electron chi connectivity index (χ4n) is 4.63. The van der Waals surface area contributed by atoms with Crippen molar-refractivity contribution in [2.45, 2.75) is 46.0 Å². The third-order valence-corrected chi connectivity index (χ3v) is 6.40. The van der Waals surface area contributed by atoms with Gasteiger partial charge in [-0.2, -0.15) is 0 Å². The van der Waals surface area contributed by atoms with Crippen LogP contribution < -0.4 is 4.74 Å². The van der Waals surface area contributed by atoms with E-state index in [1.54, 1.807) is 7.11 Å². The van der Waals surface area contributed by atoms with Gasteiger partial charge in [0.15, 0.2) is 11.5 Å². The maximum atomic E-state index is 10.0. The number of phenols is 1. The minimum Gasteiger partial charge on any atom is -0.504 e. The van der Waals surface area contributed by atoms with E-state index >= 15 is 0 Å². The van der Waals surface area contributed by atoms with Crippen LogP contribution in [-0.4, -0.2) is 12.2 Å². The Morgan fingerprint density at radius 1 is 1.26 bits per heavy atom. The Labute approximate surface area is 115 Å². The number of hydrogen-bond donors (Lipinski definition) is 1. The first-order valence-electron chi connectivity index (χ1n) is 7.27. The largest absolute Gasteiger partial charge is 0.504 e. The minimum atomic E-state index is 0.268. The summed E-state index contributed by atoms with van der Waals surface area (Å²) >= 11 is 0. The normalized spacial score (nSPS) is 35.6. The summed E-state index contributed by atoms with van der Waals surface area (Å²) in [4.78, 5) is 0. The Morgan fingerprint density at radius 2 is 2.00 bits per heavy atom. The molecule has 2 aliphatic carbocycles. The lowest BCUT2D eigenvalue weighted by Crippen LogP contribution is -2.31. The molecule has 19 heavy (non-hydrogen) atoms. The number of aromatic hydroxyl groups is 1. The summed E-state index contributed by atoms with van der Waals surface area (Å²) in [6.07, 6.45) is 3.93. The molecule has 0 spiro atoms. The lowest BCUT2D eigenvalue weighted by atomic mass is 9.65.